The molecule has 0 aromatic heterocycles. The number of nitrogens with one attached hydrogen (secondary N) is 5. The minimum Gasteiger partial charge on any atom is -0.452 e. The number of likely N-dealkylation sites (N-methyl/N-ethyl adjacent to an activating group) is 3. The van der Waals surface area contributed by atoms with Gasteiger partial charge in [0.25, 0.3) is 5.91 Å². The fourth-order valence-electron chi connectivity index (χ4n) is 10.3. The second-order valence-electron chi connectivity index (χ2n) is 24.6. The Kier molecular flexibility index (Phi) is 28.0. The van der Waals surface area contributed by atoms with Gasteiger partial charge in [0.1, 0.15) is 42.4 Å². The average Bonchev–Trinajstić information content (AvgIpc) is 2.21. The number of esters is 1. The molecule has 2 heterocycles. The number of ether oxygens (including phenoxy) is 3. The number of fused-ring (bicyclic) bond motifs is 1. The van der Waals surface area contributed by atoms with Gasteiger partial charge in [0.05, 0.1) is 47.8 Å². The van der Waals surface area contributed by atoms with Gasteiger partial charge in [-0.25, -0.2) is 4.79 Å². The standard InChI is InChI=1S/C62H93N9O14S2/c1-15-42-54(86)66-44(33-73)56(77)68(12)46(29-35(2)3)52(75)67-49(39(8)84-61(82)83-34-62(9,10)11)53(76)63-38(7)37(6)60(81)85-48(31-41-25-20-17-21-26-41)58(79)70(14)50(36(4)5)59(80)71-28-22-27-45(71)57(78)69(13)47(30-40-23-18-16-19-24-40)55(87)65-43(32-72)51(74)64-42/h16-21,23-26,35-39,42-50,72-73H,15,22,27-34H2,1-14H3,(H,63,76)(H,64,74)(H,65,87)(H,66,86)(H,67,75)/t37-,38-,39-,42-,43+,44+,45+,46-,47-,48+,49-,50+/m1/s1. The van der Waals surface area contributed by atoms with Crippen molar-refractivity contribution in [2.24, 2.45) is 23.2 Å². The smallest absolute Gasteiger partial charge is 0.452 e. The van der Waals surface area contributed by atoms with Crippen molar-refractivity contribution in [3.8, 4) is 0 Å². The van der Waals surface area contributed by atoms with Crippen LogP contribution in [-0.2, 0) is 65.4 Å². The first-order valence-corrected chi connectivity index (χ1v) is 30.6. The van der Waals surface area contributed by atoms with Crippen molar-refractivity contribution in [2.75, 3.05) is 47.5 Å². The highest BCUT2D eigenvalue weighted by molar-refractivity contribution is 7.80. The van der Waals surface area contributed by atoms with E-state index in [4.69, 9.17) is 38.6 Å². The summed E-state index contributed by atoms with van der Waals surface area (Å²) in [6.07, 6.45) is -3.14. The molecule has 0 radical (unpaired) electrons. The average molecular weight is 1250 g/mol. The zero-order valence-corrected chi connectivity index (χ0v) is 54.5. The van der Waals surface area contributed by atoms with E-state index in [0.717, 1.165) is 10.5 Å². The highest BCUT2D eigenvalue weighted by atomic mass is 32.1. The van der Waals surface area contributed by atoms with Crippen LogP contribution in [0.2, 0.25) is 0 Å². The summed E-state index contributed by atoms with van der Waals surface area (Å²) in [7, 11) is 4.31. The summed E-state index contributed by atoms with van der Waals surface area (Å²) in [6, 6.07) is 6.90. The second-order valence-corrected chi connectivity index (χ2v) is 25.5. The third-order valence-electron chi connectivity index (χ3n) is 15.6. The summed E-state index contributed by atoms with van der Waals surface area (Å²) in [6.45, 7) is 17.1. The normalized spacial score (nSPS) is 26.7. The van der Waals surface area contributed by atoms with Gasteiger partial charge in [0.2, 0.25) is 35.4 Å². The van der Waals surface area contributed by atoms with Crippen LogP contribution in [0.4, 0.5) is 4.79 Å². The second kappa shape index (κ2) is 33.5. The Bertz CT molecular complexity index is 2720. The van der Waals surface area contributed by atoms with Crippen LogP contribution >= 0.6 is 24.4 Å². The minimum atomic E-state index is -1.68. The lowest BCUT2D eigenvalue weighted by Gasteiger charge is -2.38. The highest BCUT2D eigenvalue weighted by Gasteiger charge is 2.45. The molecule has 0 aliphatic carbocycles. The van der Waals surface area contributed by atoms with E-state index < -0.39 is 151 Å². The number of cyclic esters (lactones) is 1. The molecule has 2 aliphatic rings. The maximum atomic E-state index is 15.1. The molecule has 2 aromatic rings. The van der Waals surface area contributed by atoms with Gasteiger partial charge in [-0.2, -0.15) is 0 Å². The van der Waals surface area contributed by atoms with Crippen LogP contribution in [0.3, 0.4) is 0 Å². The molecule has 2 aromatic carbocycles. The molecule has 0 unspecified atom stereocenters. The van der Waals surface area contributed by atoms with Gasteiger partial charge in [-0.1, -0.05) is 140 Å². The molecule has 12 atom stereocenters. The van der Waals surface area contributed by atoms with Gasteiger partial charge in [-0.05, 0) is 81.3 Å². The molecule has 2 saturated heterocycles. The summed E-state index contributed by atoms with van der Waals surface area (Å²) >= 11 is 11.7. The number of hydrogen-bond donors (Lipinski definition) is 7. The van der Waals surface area contributed by atoms with E-state index in [9.17, 15) is 48.6 Å². The number of nitrogens with zero attached hydrogens (tertiary/aromatic N) is 4. The quantitative estimate of drug-likeness (QED) is 0.112. The van der Waals surface area contributed by atoms with E-state index in [-0.39, 0.29) is 61.2 Å². The number of amides is 7. The Morgan fingerprint density at radius 3 is 1.78 bits per heavy atom. The van der Waals surface area contributed by atoms with Gasteiger partial charge < -0.3 is 70.6 Å². The van der Waals surface area contributed by atoms with Crippen molar-refractivity contribution < 1.29 is 67.6 Å². The molecule has 7 amide bonds. The van der Waals surface area contributed by atoms with E-state index in [2.05, 4.69) is 26.6 Å². The first kappa shape index (κ1) is 72.6. The van der Waals surface area contributed by atoms with Gasteiger partial charge >= 0.3 is 12.1 Å². The van der Waals surface area contributed by atoms with Crippen molar-refractivity contribution >= 4 is 87.9 Å². The monoisotopic (exact) mass is 1250 g/mol. The minimum absolute atomic E-state index is 0.0121. The third-order valence-corrected chi connectivity index (χ3v) is 16.4. The van der Waals surface area contributed by atoms with Gasteiger partial charge in [-0.3, -0.25) is 38.4 Å². The number of aliphatic hydroxyl groups is 2. The summed E-state index contributed by atoms with van der Waals surface area (Å²) in [5.41, 5.74) is 0.929. The zero-order valence-electron chi connectivity index (χ0n) is 52.8. The molecule has 0 saturated carbocycles. The third kappa shape index (κ3) is 20.6. The molecule has 4 rings (SSSR count). The fraction of sp³-hybridized carbons (Fsp3) is 0.629. The Morgan fingerprint density at radius 1 is 0.678 bits per heavy atom. The van der Waals surface area contributed by atoms with Crippen LogP contribution in [0.25, 0.3) is 0 Å². The molecule has 25 heteroatoms. The van der Waals surface area contributed by atoms with Crippen LogP contribution in [0, 0.1) is 23.2 Å². The van der Waals surface area contributed by atoms with Gasteiger partial charge in [0.15, 0.2) is 6.10 Å². The van der Waals surface area contributed by atoms with E-state index in [1.807, 2.05) is 51.1 Å². The van der Waals surface area contributed by atoms with Crippen LogP contribution < -0.4 is 26.6 Å². The van der Waals surface area contributed by atoms with Crippen LogP contribution in [0.5, 0.6) is 0 Å². The number of thiocarbonyl (C=S) groups is 2. The van der Waals surface area contributed by atoms with Crippen LogP contribution in [0.15, 0.2) is 60.7 Å². The van der Waals surface area contributed by atoms with Gasteiger partial charge in [0, 0.05) is 40.2 Å². The predicted molar refractivity (Wildman–Crippen MR) is 334 cm³/mol. The number of carbonyl (C=O) groups is 9. The van der Waals surface area contributed by atoms with Crippen LogP contribution in [0.1, 0.15) is 113 Å². The lowest BCUT2D eigenvalue weighted by Crippen LogP contribution is -2.62. The van der Waals surface area contributed by atoms with Crippen LogP contribution in [-0.4, -0.2) is 207 Å². The topological polar surface area (TPSA) is 295 Å². The maximum absolute atomic E-state index is 15.1. The number of aliphatic hydroxyl groups excluding tert-OH is 2. The van der Waals surface area contributed by atoms with E-state index in [1.165, 1.54) is 49.6 Å². The Hall–Kier alpha value is -6.83. The molecule has 0 bridgehead atoms. The Labute approximate surface area is 523 Å². The lowest BCUT2D eigenvalue weighted by molar-refractivity contribution is -0.166. The summed E-state index contributed by atoms with van der Waals surface area (Å²) in [4.78, 5) is 136. The van der Waals surface area contributed by atoms with E-state index in [0.29, 0.717) is 12.0 Å². The van der Waals surface area contributed by atoms with Crippen molar-refractivity contribution in [2.45, 2.75) is 181 Å². The van der Waals surface area contributed by atoms with E-state index in [1.54, 1.807) is 72.0 Å². The maximum Gasteiger partial charge on any atom is 0.508 e. The zero-order chi connectivity index (χ0) is 65.2. The van der Waals surface area contributed by atoms with Crippen molar-refractivity contribution in [3.05, 3.63) is 71.8 Å². The SMILES string of the molecule is CC[C@H]1NC(=O)[C@H](CO)NC(=S)[C@@H](Cc2ccccc2)N(C)C(=O)[C@@H]2CCCN2C(=O)[C@H](C(C)C)N(C)C(=O)[C@H](Cc2ccccc2)OC(=O)[C@H](C)[C@@H](C)NC(=O)[C@@H]([C@@H](C)OC(=O)OCC(C)(C)C)NC(=O)[C@@H](CC(C)C)N(C)C(=O)[C@H](CO)NC1=S. The number of hydrogen-bond acceptors (Lipinski definition) is 16. The molecule has 482 valence electrons. The first-order chi connectivity index (χ1) is 40.8. The lowest BCUT2D eigenvalue weighted by atomic mass is 9.98. The molecule has 2 fully saturated rings. The molecule has 23 nitrogen and oxygen atoms in total. The Balaban J connectivity index is 1.87. The summed E-state index contributed by atoms with van der Waals surface area (Å²) in [5.74, 6) is -7.92. The van der Waals surface area contributed by atoms with E-state index >= 15 is 4.79 Å². The number of carbonyl (C=O) groups excluding carboxylic acids is 9. The molecule has 2 aliphatic heterocycles. The number of benzene rings is 2. The summed E-state index contributed by atoms with van der Waals surface area (Å²) < 4.78 is 17.0. The highest BCUT2D eigenvalue weighted by Crippen LogP contribution is 2.27. The summed E-state index contributed by atoms with van der Waals surface area (Å²) in [5, 5.41) is 35.4. The van der Waals surface area contributed by atoms with Crippen molar-refractivity contribution in [3.63, 3.8) is 0 Å². The Morgan fingerprint density at radius 2 is 1.24 bits per heavy atom. The fourth-order valence-corrected chi connectivity index (χ4v) is 11.0. The molecule has 7 N–H and O–H groups in total. The molecule has 0 spiro atoms. The molecule has 87 heavy (non-hydrogen) atoms. The van der Waals surface area contributed by atoms with Crippen molar-refractivity contribution in [1.29, 1.82) is 0 Å². The largest absolute Gasteiger partial charge is 0.508 e. The molecular weight excluding hydrogens is 1160 g/mol. The predicted octanol–water partition coefficient (Wildman–Crippen LogP) is 3.24. The van der Waals surface area contributed by atoms with Gasteiger partial charge in [-0.15, -0.1) is 0 Å². The first-order valence-electron chi connectivity index (χ1n) is 29.8. The number of rotatable bonds is 13. The van der Waals surface area contributed by atoms with Crippen molar-refractivity contribution in [1.82, 2.24) is 46.2 Å². The molecular formula is C62H93N9O14S2.